The summed E-state index contributed by atoms with van der Waals surface area (Å²) < 4.78 is 60.3. The number of alkyl halides is 3. The van der Waals surface area contributed by atoms with E-state index in [0.29, 0.717) is 31.7 Å². The second-order valence-electron chi connectivity index (χ2n) is 14.8. The normalized spacial score (nSPS) is 24.0. The van der Waals surface area contributed by atoms with E-state index in [1.165, 1.54) is 6.07 Å². The van der Waals surface area contributed by atoms with Crippen molar-refractivity contribution in [1.82, 2.24) is 9.97 Å². The van der Waals surface area contributed by atoms with E-state index in [-0.39, 0.29) is 22.5 Å². The lowest BCUT2D eigenvalue weighted by molar-refractivity contribution is -0.138. The molecule has 2 aromatic heterocycles. The van der Waals surface area contributed by atoms with Gasteiger partial charge < -0.3 is 13.9 Å². The van der Waals surface area contributed by atoms with E-state index in [9.17, 15) is 13.2 Å². The highest BCUT2D eigenvalue weighted by Crippen LogP contribution is 2.58. The molecule has 0 bridgehead atoms. The molecule has 5 nitrogen and oxygen atoms in total. The highest BCUT2D eigenvalue weighted by atomic mass is 28.4. The molecule has 2 aromatic rings. The highest BCUT2D eigenvalue weighted by molar-refractivity contribution is 6.74. The van der Waals surface area contributed by atoms with Crippen LogP contribution in [0.4, 0.5) is 13.2 Å². The average molecular weight is 591 g/mol. The van der Waals surface area contributed by atoms with Crippen LogP contribution in [0.5, 0.6) is 0 Å². The summed E-state index contributed by atoms with van der Waals surface area (Å²) in [6, 6.07) is 2.57. The maximum atomic E-state index is 13.4. The molecule has 0 saturated carbocycles. The molecule has 0 N–H and O–H groups in total. The topological polar surface area (TPSA) is 53.5 Å². The molecule has 5 rings (SSSR count). The minimum atomic E-state index is -4.45. The summed E-state index contributed by atoms with van der Waals surface area (Å²) in [5, 5.41) is 0.0305. The molecule has 2 aliphatic heterocycles. The first-order valence-electron chi connectivity index (χ1n) is 14.9. The number of hydrogen-bond acceptors (Lipinski definition) is 5. The van der Waals surface area contributed by atoms with Gasteiger partial charge in [0.1, 0.15) is 6.10 Å². The Hall–Kier alpha value is -1.81. The fourth-order valence-electron chi connectivity index (χ4n) is 6.47. The molecule has 226 valence electrons. The van der Waals surface area contributed by atoms with E-state index in [0.717, 1.165) is 53.2 Å². The first kappa shape index (κ1) is 30.6. The van der Waals surface area contributed by atoms with E-state index in [4.69, 9.17) is 18.9 Å². The maximum Gasteiger partial charge on any atom is 0.417 e. The SMILES string of the molecule is CC(C)c1nc2c(c3c1[C@@H](c1ccc(C(F)(F)F)cn1)OC31CCOCC1)[C@@H](O[Si](C)(C)C(C)(C)C)CC(C)(C)C2. The minimum Gasteiger partial charge on any atom is -0.410 e. The van der Waals surface area contributed by atoms with E-state index >= 15 is 0 Å². The molecule has 0 unspecified atom stereocenters. The molecule has 3 aliphatic rings. The van der Waals surface area contributed by atoms with Crippen LogP contribution in [0.25, 0.3) is 0 Å². The molecule has 0 radical (unpaired) electrons. The minimum absolute atomic E-state index is 0.00615. The third-order valence-electron chi connectivity index (χ3n) is 9.62. The maximum absolute atomic E-state index is 13.4. The van der Waals surface area contributed by atoms with Crippen LogP contribution in [0.3, 0.4) is 0 Å². The number of nitrogens with zero attached hydrogens (tertiary/aromatic N) is 2. The van der Waals surface area contributed by atoms with Crippen LogP contribution in [0.1, 0.15) is 125 Å². The van der Waals surface area contributed by atoms with Crippen LogP contribution in [-0.2, 0) is 32.1 Å². The number of aromatic nitrogens is 2. The summed E-state index contributed by atoms with van der Waals surface area (Å²) in [5.74, 6) is 0.0920. The van der Waals surface area contributed by atoms with Gasteiger partial charge in [-0.25, -0.2) is 0 Å². The third-order valence-corrected chi connectivity index (χ3v) is 14.1. The standard InChI is InChI=1S/C32H45F3N2O3Si/c1-19(2)27-25-26(24-22(37-27)16-30(6,7)17-23(24)40-41(8,9)29(3,4)5)31(12-14-38-15-13-31)39-28(25)21-11-10-20(18-36-21)32(33,34)35/h10-11,18-19,23,28H,12-17H2,1-9H3/t23-,28+/m0/s1. The van der Waals surface area contributed by atoms with Gasteiger partial charge in [-0.3, -0.25) is 9.97 Å². The molecule has 1 saturated heterocycles. The molecule has 4 heterocycles. The Morgan fingerprint density at radius 3 is 2.24 bits per heavy atom. The van der Waals surface area contributed by atoms with Crippen molar-refractivity contribution in [1.29, 1.82) is 0 Å². The number of fused-ring (bicyclic) bond motifs is 4. The van der Waals surface area contributed by atoms with Gasteiger partial charge in [-0.05, 0) is 60.0 Å². The van der Waals surface area contributed by atoms with Crippen molar-refractivity contribution >= 4 is 8.32 Å². The van der Waals surface area contributed by atoms with Crippen molar-refractivity contribution in [2.75, 3.05) is 13.2 Å². The molecule has 0 amide bonds. The van der Waals surface area contributed by atoms with Crippen LogP contribution < -0.4 is 0 Å². The molecule has 41 heavy (non-hydrogen) atoms. The molecule has 1 aliphatic carbocycles. The zero-order valence-corrected chi connectivity index (χ0v) is 27.0. The Kier molecular flexibility index (Phi) is 7.57. The molecule has 2 atom stereocenters. The monoisotopic (exact) mass is 590 g/mol. The van der Waals surface area contributed by atoms with Crippen molar-refractivity contribution in [2.45, 2.75) is 122 Å². The van der Waals surface area contributed by atoms with Gasteiger partial charge in [0.15, 0.2) is 8.32 Å². The van der Waals surface area contributed by atoms with Crippen LogP contribution in [0.15, 0.2) is 18.3 Å². The quantitative estimate of drug-likeness (QED) is 0.333. The van der Waals surface area contributed by atoms with Crippen LogP contribution in [0, 0.1) is 5.41 Å². The molecular formula is C32H45F3N2O3Si. The van der Waals surface area contributed by atoms with Crippen molar-refractivity contribution in [3.63, 3.8) is 0 Å². The third kappa shape index (κ3) is 5.52. The molecule has 9 heteroatoms. The van der Waals surface area contributed by atoms with Gasteiger partial charge in [-0.1, -0.05) is 48.5 Å². The first-order valence-corrected chi connectivity index (χ1v) is 17.8. The van der Waals surface area contributed by atoms with Gasteiger partial charge in [-0.15, -0.1) is 0 Å². The van der Waals surface area contributed by atoms with Crippen LogP contribution in [-0.4, -0.2) is 31.5 Å². The number of hydrogen-bond donors (Lipinski definition) is 0. The Bertz CT molecular complexity index is 1290. The van der Waals surface area contributed by atoms with Gasteiger partial charge in [0.25, 0.3) is 0 Å². The molecule has 0 aromatic carbocycles. The van der Waals surface area contributed by atoms with Gasteiger partial charge in [-0.2, -0.15) is 13.2 Å². The van der Waals surface area contributed by atoms with Crippen molar-refractivity contribution in [3.8, 4) is 0 Å². The predicted octanol–water partition coefficient (Wildman–Crippen LogP) is 8.78. The molecular weight excluding hydrogens is 545 g/mol. The van der Waals surface area contributed by atoms with Crippen molar-refractivity contribution in [3.05, 3.63) is 57.7 Å². The lowest BCUT2D eigenvalue weighted by Gasteiger charge is -2.46. The zero-order valence-electron chi connectivity index (χ0n) is 26.0. The largest absolute Gasteiger partial charge is 0.417 e. The second-order valence-corrected chi connectivity index (χ2v) is 19.5. The Balaban J connectivity index is 1.76. The van der Waals surface area contributed by atoms with Gasteiger partial charge in [0, 0.05) is 54.8 Å². The van der Waals surface area contributed by atoms with Crippen molar-refractivity contribution < 1.29 is 27.1 Å². The predicted molar refractivity (Wildman–Crippen MR) is 155 cm³/mol. The van der Waals surface area contributed by atoms with E-state index < -0.39 is 31.8 Å². The Morgan fingerprint density at radius 1 is 1.05 bits per heavy atom. The lowest BCUT2D eigenvalue weighted by Crippen LogP contribution is -2.45. The molecule has 1 fully saturated rings. The fraction of sp³-hybridized carbons (Fsp3) is 0.688. The second kappa shape index (κ2) is 10.1. The lowest BCUT2D eigenvalue weighted by atomic mass is 9.70. The number of ether oxygens (including phenoxy) is 2. The number of rotatable bonds is 4. The summed E-state index contributed by atoms with van der Waals surface area (Å²) in [4.78, 5) is 9.67. The summed E-state index contributed by atoms with van der Waals surface area (Å²) >= 11 is 0. The van der Waals surface area contributed by atoms with Gasteiger partial charge in [0.2, 0.25) is 0 Å². The summed E-state index contributed by atoms with van der Waals surface area (Å²) in [6.07, 6.45) is -1.24. The average Bonchev–Trinajstić information content (AvgIpc) is 3.15. The summed E-state index contributed by atoms with van der Waals surface area (Å²) in [7, 11) is -2.17. The van der Waals surface area contributed by atoms with Crippen molar-refractivity contribution in [2.24, 2.45) is 5.41 Å². The number of pyridine rings is 2. The van der Waals surface area contributed by atoms with E-state index in [2.05, 4.69) is 66.5 Å². The van der Waals surface area contributed by atoms with E-state index in [1.807, 2.05) is 0 Å². The smallest absolute Gasteiger partial charge is 0.410 e. The molecule has 1 spiro atoms. The Labute approximate surface area is 243 Å². The Morgan fingerprint density at radius 2 is 1.71 bits per heavy atom. The fourth-order valence-corrected chi connectivity index (χ4v) is 7.74. The van der Waals surface area contributed by atoms with E-state index in [1.54, 1.807) is 0 Å². The number of halogens is 3. The van der Waals surface area contributed by atoms with Gasteiger partial charge >= 0.3 is 6.18 Å². The zero-order chi connectivity index (χ0) is 30.2. The highest BCUT2D eigenvalue weighted by Gasteiger charge is 2.54. The first-order chi connectivity index (χ1) is 18.9. The van der Waals surface area contributed by atoms with Crippen LogP contribution in [0.2, 0.25) is 18.1 Å². The summed E-state index contributed by atoms with van der Waals surface area (Å²) in [5.41, 5.74) is 4.35. The summed E-state index contributed by atoms with van der Waals surface area (Å²) in [6.45, 7) is 21.3. The van der Waals surface area contributed by atoms with Crippen LogP contribution >= 0.6 is 0 Å². The van der Waals surface area contributed by atoms with Gasteiger partial charge in [0.05, 0.1) is 23.0 Å².